The molecule has 1 saturated carbocycles. The first-order valence-electron chi connectivity index (χ1n) is 22.0. The highest BCUT2D eigenvalue weighted by atomic mass is 17.5. The third kappa shape index (κ3) is 18.3. The monoisotopic (exact) mass is 1100 g/mol. The first kappa shape index (κ1) is 60.8. The van der Waals surface area contributed by atoms with Crippen LogP contribution in [-0.2, 0) is 87.6 Å². The molecule has 0 saturated heterocycles. The second kappa shape index (κ2) is 30.0. The van der Waals surface area contributed by atoms with E-state index in [0.29, 0.717) is 5.56 Å². The van der Waals surface area contributed by atoms with Gasteiger partial charge in [0.25, 0.3) is 0 Å². The van der Waals surface area contributed by atoms with Gasteiger partial charge in [-0.2, -0.15) is 0 Å². The normalized spacial score (nSPS) is 16.6. The lowest BCUT2D eigenvalue weighted by Crippen LogP contribution is -2.61. The van der Waals surface area contributed by atoms with Gasteiger partial charge in [-0.05, 0) is 70.8 Å². The molecule has 0 unspecified atom stereocenters. The van der Waals surface area contributed by atoms with Crippen molar-refractivity contribution in [3.63, 3.8) is 0 Å². The first-order valence-corrected chi connectivity index (χ1v) is 22.0. The highest BCUT2D eigenvalue weighted by Gasteiger charge is 2.58. The van der Waals surface area contributed by atoms with Gasteiger partial charge in [-0.25, -0.2) is 58.1 Å². The summed E-state index contributed by atoms with van der Waals surface area (Å²) in [6.45, 7) is -0.191. The van der Waals surface area contributed by atoms with Gasteiger partial charge in [0.2, 0.25) is 5.60 Å². The van der Waals surface area contributed by atoms with Crippen molar-refractivity contribution in [2.24, 2.45) is 0 Å². The van der Waals surface area contributed by atoms with Crippen molar-refractivity contribution in [2.45, 2.75) is 43.2 Å². The summed E-state index contributed by atoms with van der Waals surface area (Å²) in [5.74, 6) is -6.40. The number of benzene rings is 3. The van der Waals surface area contributed by atoms with Gasteiger partial charge in [-0.1, -0.05) is 29.3 Å². The molecule has 3 aromatic carbocycles. The molecular weight excluding hydrogens is 1050 g/mol. The summed E-state index contributed by atoms with van der Waals surface area (Å²) in [6, 6.07) is 11.5. The second-order valence-corrected chi connectivity index (χ2v) is 15.0. The summed E-state index contributed by atoms with van der Waals surface area (Å²) in [7, 11) is 6.94. The van der Waals surface area contributed by atoms with Gasteiger partial charge in [0.05, 0.1) is 56.4 Å². The molecule has 0 aromatic heterocycles. The molecule has 0 amide bonds. The van der Waals surface area contributed by atoms with Crippen LogP contribution < -0.4 is 23.7 Å². The zero-order valence-electron chi connectivity index (χ0n) is 42.1. The summed E-state index contributed by atoms with van der Waals surface area (Å²) < 4.78 is 80.3. The Bertz CT molecular complexity index is 2780. The van der Waals surface area contributed by atoms with Crippen molar-refractivity contribution in [3.8, 4) is 28.7 Å². The number of hydrogen-bond acceptors (Lipinski definition) is 29. The number of rotatable bonds is 20. The maximum atomic E-state index is 13.8. The highest BCUT2D eigenvalue weighted by Crippen LogP contribution is 2.39. The number of methoxy groups -OCH3 is 7. The molecule has 418 valence electrons. The summed E-state index contributed by atoms with van der Waals surface area (Å²) in [4.78, 5) is 132. The zero-order chi connectivity index (χ0) is 57.4. The van der Waals surface area contributed by atoms with Crippen molar-refractivity contribution in [1.82, 2.24) is 0 Å². The molecule has 78 heavy (non-hydrogen) atoms. The first-order chi connectivity index (χ1) is 37.3. The van der Waals surface area contributed by atoms with Crippen molar-refractivity contribution in [1.29, 1.82) is 0 Å². The number of esters is 4. The topological polar surface area (TPSA) is 357 Å². The van der Waals surface area contributed by atoms with Gasteiger partial charge in [-0.3, -0.25) is 0 Å². The lowest BCUT2D eigenvalue weighted by Gasteiger charge is -2.43. The lowest BCUT2D eigenvalue weighted by molar-refractivity contribution is -0.490. The predicted molar refractivity (Wildman–Crippen MR) is 252 cm³/mol. The molecule has 1 N–H and O–H groups in total. The van der Waals surface area contributed by atoms with E-state index in [1.807, 2.05) is 0 Å². The summed E-state index contributed by atoms with van der Waals surface area (Å²) in [5, 5.41) is 12.2. The van der Waals surface area contributed by atoms with Crippen LogP contribution in [-0.4, -0.2) is 146 Å². The molecule has 0 radical (unpaired) electrons. The Morgan fingerprint density at radius 2 is 0.846 bits per heavy atom. The Balaban J connectivity index is 1.81. The molecular formula is C49H48O29. The van der Waals surface area contributed by atoms with Crippen LogP contribution in [0.2, 0.25) is 0 Å². The molecule has 1 fully saturated rings. The van der Waals surface area contributed by atoms with Crippen LogP contribution >= 0.6 is 0 Å². The van der Waals surface area contributed by atoms with E-state index in [9.17, 15) is 47.9 Å². The molecule has 0 bridgehead atoms. The van der Waals surface area contributed by atoms with E-state index in [1.54, 1.807) is 0 Å². The lowest BCUT2D eigenvalue weighted by atomic mass is 9.79. The van der Waals surface area contributed by atoms with E-state index < -0.39 is 97.6 Å². The second-order valence-electron chi connectivity index (χ2n) is 15.0. The van der Waals surface area contributed by atoms with Crippen molar-refractivity contribution in [3.05, 3.63) is 95.1 Å². The van der Waals surface area contributed by atoms with Crippen LogP contribution in [0.1, 0.15) is 35.1 Å². The fourth-order valence-electron chi connectivity index (χ4n) is 6.70. The SMILES string of the molecule is COC(=O)Oc1cc(/C=C/C(=O)O[C@@H]2C[C@@](OC(=O)OC)(C(=O)OC)C[C@@H](OC(=O)/C=C/c3ccc(OC(=O)OC)c(OC(=O)OC)c3)[C@@H]2OC(=O)/C=C/c2ccc(OC(=O)OC)c(OC(=O)OC)c2)ccc1CCOOO. The standard InChI is InChI=1S/C49H48O29/c1-61-42(53)49(77-48(59)67-7)25-36(69-38(50)17-11-27-8-14-30(20-21-68-78-60)33(22-27)73-45(56)64-4)41(76-40(52)19-13-29-10-16-32(72-44(55)63-3)35(24-29)75-47(58)66-6)37(26-49)70-39(51)18-12-28-9-15-31(71-43(54)62-2)34(23-28)74-46(57)65-5/h8-19,22-24,36-37,41,60H,20-21,25-26H2,1-7H3/b17-11+,18-12+,19-13+/t36-,37-,41-,49+/m1/s1. The third-order valence-corrected chi connectivity index (χ3v) is 10.2. The maximum Gasteiger partial charge on any atom is 0.513 e. The number of carbonyl (C=O) groups excluding carboxylic acids is 10. The molecule has 29 nitrogen and oxygen atoms in total. The fraction of sp³-hybridized carbons (Fsp3) is 0.306. The van der Waals surface area contributed by atoms with Crippen molar-refractivity contribution < 1.29 is 139 Å². The quantitative estimate of drug-likeness (QED) is 0.0256. The van der Waals surface area contributed by atoms with Gasteiger partial charge in [-0.15, -0.1) is 0 Å². The molecule has 29 heteroatoms. The van der Waals surface area contributed by atoms with Crippen LogP contribution in [0.3, 0.4) is 0 Å². The Morgan fingerprint density at radius 1 is 0.474 bits per heavy atom. The Kier molecular flexibility index (Phi) is 23.4. The largest absolute Gasteiger partial charge is 0.513 e. The van der Waals surface area contributed by atoms with Gasteiger partial charge < -0.3 is 75.8 Å². The van der Waals surface area contributed by atoms with Crippen LogP contribution in [0.25, 0.3) is 18.2 Å². The van der Waals surface area contributed by atoms with Crippen molar-refractivity contribution in [2.75, 3.05) is 56.4 Å². The van der Waals surface area contributed by atoms with Gasteiger partial charge in [0.1, 0.15) is 18.0 Å². The van der Waals surface area contributed by atoms with E-state index in [1.165, 1.54) is 48.5 Å². The zero-order valence-corrected chi connectivity index (χ0v) is 42.1. The number of hydrogen-bond donors (Lipinski definition) is 1. The van der Waals surface area contributed by atoms with Gasteiger partial charge >= 0.3 is 60.8 Å². The molecule has 0 aliphatic heterocycles. The summed E-state index contributed by atoms with van der Waals surface area (Å²) >= 11 is 0. The van der Waals surface area contributed by atoms with E-state index in [0.717, 1.165) is 92.3 Å². The smallest absolute Gasteiger partial charge is 0.466 e. The number of ether oxygens (including phenoxy) is 16. The minimum atomic E-state index is -2.51. The van der Waals surface area contributed by atoms with Crippen LogP contribution in [0.15, 0.2) is 72.8 Å². The van der Waals surface area contributed by atoms with E-state index in [4.69, 9.17) is 52.6 Å². The maximum absolute atomic E-state index is 13.8. The molecule has 0 spiro atoms. The predicted octanol–water partition coefficient (Wildman–Crippen LogP) is 6.04. The van der Waals surface area contributed by atoms with Gasteiger partial charge in [0.15, 0.2) is 29.1 Å². The van der Waals surface area contributed by atoms with E-state index in [-0.39, 0.29) is 58.5 Å². The Hall–Kier alpha value is -9.74. The summed E-state index contributed by atoms with van der Waals surface area (Å²) in [5.41, 5.74) is -1.73. The molecule has 0 heterocycles. The Morgan fingerprint density at radius 3 is 1.24 bits per heavy atom. The fourth-order valence-corrected chi connectivity index (χ4v) is 6.70. The average molecular weight is 1100 g/mol. The van der Waals surface area contributed by atoms with Crippen LogP contribution in [0.4, 0.5) is 28.8 Å². The highest BCUT2D eigenvalue weighted by molar-refractivity contribution is 5.90. The van der Waals surface area contributed by atoms with E-state index in [2.05, 4.69) is 38.3 Å². The minimum Gasteiger partial charge on any atom is -0.466 e. The van der Waals surface area contributed by atoms with Crippen LogP contribution in [0.5, 0.6) is 28.7 Å². The molecule has 4 rings (SSSR count). The van der Waals surface area contributed by atoms with Crippen LogP contribution in [0, 0.1) is 0 Å². The average Bonchev–Trinajstić information content (AvgIpc) is 3.45. The Labute approximate surface area is 440 Å². The molecule has 1 aliphatic carbocycles. The summed E-state index contributed by atoms with van der Waals surface area (Å²) in [6.07, 6.45) is -8.76. The molecule has 1 aliphatic rings. The number of carbonyl (C=O) groups is 10. The third-order valence-electron chi connectivity index (χ3n) is 10.2. The van der Waals surface area contributed by atoms with E-state index >= 15 is 0 Å². The van der Waals surface area contributed by atoms with Crippen molar-refractivity contribution >= 4 is 79.0 Å². The molecule has 3 aromatic rings. The minimum absolute atomic E-state index is 0.0457. The molecule has 4 atom stereocenters. The van der Waals surface area contributed by atoms with Gasteiger partial charge in [0, 0.05) is 37.5 Å².